The van der Waals surface area contributed by atoms with Gasteiger partial charge in [0.1, 0.15) is 0 Å². The van der Waals surface area contributed by atoms with Crippen molar-refractivity contribution in [1.82, 2.24) is 0 Å². The molecule has 4 heteroatoms. The Bertz CT molecular complexity index is 4110. The van der Waals surface area contributed by atoms with Crippen molar-refractivity contribution in [3.63, 3.8) is 0 Å². The van der Waals surface area contributed by atoms with Crippen LogP contribution in [-0.4, -0.2) is 6.71 Å². The molecule has 12 aromatic rings. The van der Waals surface area contributed by atoms with Gasteiger partial charge in [-0.2, -0.15) is 0 Å². The summed E-state index contributed by atoms with van der Waals surface area (Å²) in [7, 11) is 0. The quantitative estimate of drug-likeness (QED) is 0.121. The molecule has 0 fully saturated rings. The van der Waals surface area contributed by atoms with Crippen LogP contribution in [0, 0.1) is 0 Å². The number of rotatable bonds is 6. The van der Waals surface area contributed by atoms with Gasteiger partial charge in [-0.1, -0.05) is 187 Å². The van der Waals surface area contributed by atoms with Gasteiger partial charge in [-0.3, -0.25) is 0 Å². The van der Waals surface area contributed by atoms with Crippen molar-refractivity contribution in [2.45, 2.75) is 65.2 Å². The summed E-state index contributed by atoms with van der Waals surface area (Å²) in [5, 5.41) is 16.7. The lowest BCUT2D eigenvalue weighted by molar-refractivity contribution is 0.506. The lowest BCUT2D eigenvalue weighted by Gasteiger charge is -2.44. The highest BCUT2D eigenvalue weighted by Gasteiger charge is 2.46. The Morgan fingerprint density at radius 2 is 0.786 bits per heavy atom. The molecule has 336 valence electrons. The molecule has 0 aliphatic carbocycles. The van der Waals surface area contributed by atoms with Crippen LogP contribution in [0.4, 0.5) is 34.1 Å². The Balaban J connectivity index is 1.15. The van der Waals surface area contributed by atoms with Crippen LogP contribution in [0.1, 0.15) is 65.5 Å². The van der Waals surface area contributed by atoms with E-state index in [0.29, 0.717) is 0 Å². The van der Waals surface area contributed by atoms with Crippen molar-refractivity contribution in [2.75, 3.05) is 9.80 Å². The Kier molecular flexibility index (Phi) is 8.94. The average Bonchev–Trinajstić information content (AvgIpc) is 3.79. The van der Waals surface area contributed by atoms with Gasteiger partial charge in [0.05, 0.1) is 17.1 Å². The molecule has 11 aromatic carbocycles. The number of nitrogens with zero attached hydrogens (tertiary/aromatic N) is 2. The fourth-order valence-corrected chi connectivity index (χ4v) is 13.7. The molecule has 0 saturated heterocycles. The van der Waals surface area contributed by atoms with Gasteiger partial charge in [0.25, 0.3) is 6.71 Å². The molecule has 2 aliphatic heterocycles. The molecule has 0 spiro atoms. The number of thiophene rings is 1. The maximum Gasteiger partial charge on any atom is 0.264 e. The van der Waals surface area contributed by atoms with Gasteiger partial charge in [-0.15, -0.1) is 11.3 Å². The largest absolute Gasteiger partial charge is 0.311 e. The number of fused-ring (bicyclic) bond motifs is 18. The molecule has 0 saturated carbocycles. The third kappa shape index (κ3) is 5.69. The van der Waals surface area contributed by atoms with Gasteiger partial charge in [0, 0.05) is 42.7 Å². The summed E-state index contributed by atoms with van der Waals surface area (Å²) >= 11 is 2.00. The van der Waals surface area contributed by atoms with E-state index in [1.54, 1.807) is 0 Å². The molecule has 2 aliphatic rings. The van der Waals surface area contributed by atoms with Crippen molar-refractivity contribution < 1.29 is 0 Å². The molecule has 0 radical (unpaired) electrons. The number of hydrogen-bond acceptors (Lipinski definition) is 3. The first-order chi connectivity index (χ1) is 34.2. The van der Waals surface area contributed by atoms with Crippen LogP contribution in [0.2, 0.25) is 0 Å². The van der Waals surface area contributed by atoms with Crippen LogP contribution in [0.25, 0.3) is 74.7 Å². The SMILES string of the molecule is CCC(C)(C)c1ccc2c(c1)B1c3sc4ccc(C(C)(C)CC)cc4c3N(c3cccc4c5ccccc5c5ccccc5c34)c3cccc(c31)N2c1cccc2c3ccccc3c3ccccc3c12. The van der Waals surface area contributed by atoms with Crippen LogP contribution in [0.5, 0.6) is 0 Å². The van der Waals surface area contributed by atoms with Crippen LogP contribution < -0.4 is 25.5 Å². The fourth-order valence-electron chi connectivity index (χ4n) is 12.4. The van der Waals surface area contributed by atoms with E-state index >= 15 is 0 Å². The van der Waals surface area contributed by atoms with E-state index in [1.807, 2.05) is 11.3 Å². The normalized spacial score (nSPS) is 13.6. The third-order valence-electron chi connectivity index (χ3n) is 16.9. The molecule has 70 heavy (non-hydrogen) atoms. The molecular weight excluding hydrogens is 864 g/mol. The number of anilines is 6. The van der Waals surface area contributed by atoms with Crippen molar-refractivity contribution >= 4 is 143 Å². The molecule has 3 heterocycles. The van der Waals surface area contributed by atoms with Crippen molar-refractivity contribution in [2.24, 2.45) is 0 Å². The molecule has 14 rings (SSSR count). The minimum atomic E-state index is -0.00860. The van der Waals surface area contributed by atoms with Crippen molar-refractivity contribution in [1.29, 1.82) is 0 Å². The van der Waals surface area contributed by atoms with Gasteiger partial charge in [-0.05, 0) is 142 Å². The Morgan fingerprint density at radius 1 is 0.386 bits per heavy atom. The molecular formula is C66H53BN2S. The standard InChI is InChI=1S/C66H53BN2S/c1-7-65(3,4)40-35-37-59-52(38-40)63-64(70-59)67-53-39-41(66(5,6)8-2)34-36-54(53)68(55-30-17-28-50-46-22-11-9-20-42(46)44-24-13-15-26-48(44)60(50)55)57-32-19-33-58(62(57)67)69(63)56-31-18-29-51-47-23-12-10-21-43(47)45-25-14-16-27-49(45)61(51)56/h9-39H,7-8H2,1-6H3. The molecule has 0 N–H and O–H groups in total. The Hall–Kier alpha value is -7.40. The van der Waals surface area contributed by atoms with E-state index in [9.17, 15) is 0 Å². The van der Waals surface area contributed by atoms with E-state index in [4.69, 9.17) is 0 Å². The van der Waals surface area contributed by atoms with Crippen molar-refractivity contribution in [3.05, 3.63) is 199 Å². The summed E-state index contributed by atoms with van der Waals surface area (Å²) in [4.78, 5) is 5.34. The summed E-state index contributed by atoms with van der Waals surface area (Å²) in [6, 6.07) is 72.1. The first-order valence-corrected chi connectivity index (χ1v) is 26.1. The van der Waals surface area contributed by atoms with E-state index in [1.165, 1.54) is 136 Å². The number of hydrogen-bond donors (Lipinski definition) is 0. The third-order valence-corrected chi connectivity index (χ3v) is 18.1. The minimum Gasteiger partial charge on any atom is -0.311 e. The zero-order valence-corrected chi connectivity index (χ0v) is 41.5. The van der Waals surface area contributed by atoms with Gasteiger partial charge >= 0.3 is 0 Å². The minimum absolute atomic E-state index is 0.00860. The summed E-state index contributed by atoms with van der Waals surface area (Å²) in [5.41, 5.74) is 13.0. The summed E-state index contributed by atoms with van der Waals surface area (Å²) < 4.78 is 2.74. The Morgan fingerprint density at radius 3 is 1.30 bits per heavy atom. The highest BCUT2D eigenvalue weighted by atomic mass is 32.1. The van der Waals surface area contributed by atoms with Crippen LogP contribution >= 0.6 is 11.3 Å². The van der Waals surface area contributed by atoms with E-state index < -0.39 is 0 Å². The molecule has 1 aromatic heterocycles. The Labute approximate surface area is 414 Å². The lowest BCUT2D eigenvalue weighted by atomic mass is 9.36. The first kappa shape index (κ1) is 41.6. The predicted octanol–water partition coefficient (Wildman–Crippen LogP) is 17.3. The summed E-state index contributed by atoms with van der Waals surface area (Å²) in [6.45, 7) is 14.3. The molecule has 0 unspecified atom stereocenters. The van der Waals surface area contributed by atoms with Crippen LogP contribution in [0.15, 0.2) is 188 Å². The maximum atomic E-state index is 2.70. The molecule has 0 amide bonds. The van der Waals surface area contributed by atoms with Crippen LogP contribution in [-0.2, 0) is 10.8 Å². The number of benzene rings is 11. The van der Waals surface area contributed by atoms with Gasteiger partial charge in [0.2, 0.25) is 0 Å². The average molecular weight is 917 g/mol. The second kappa shape index (κ2) is 15.1. The molecule has 0 atom stereocenters. The predicted molar refractivity (Wildman–Crippen MR) is 308 cm³/mol. The maximum absolute atomic E-state index is 2.70. The van der Waals surface area contributed by atoms with Gasteiger partial charge < -0.3 is 9.80 Å². The van der Waals surface area contributed by atoms with Crippen LogP contribution in [0.3, 0.4) is 0 Å². The first-order valence-electron chi connectivity index (χ1n) is 25.3. The van der Waals surface area contributed by atoms with Crippen molar-refractivity contribution in [3.8, 4) is 0 Å². The highest BCUT2D eigenvalue weighted by Crippen LogP contribution is 2.53. The van der Waals surface area contributed by atoms with E-state index in [0.717, 1.165) is 12.8 Å². The lowest BCUT2D eigenvalue weighted by Crippen LogP contribution is -2.60. The smallest absolute Gasteiger partial charge is 0.264 e. The second-order valence-corrected chi connectivity index (χ2v) is 22.3. The topological polar surface area (TPSA) is 6.48 Å². The summed E-state index contributed by atoms with van der Waals surface area (Å²) in [5.74, 6) is 0. The van der Waals surface area contributed by atoms with Gasteiger partial charge in [0.15, 0.2) is 0 Å². The zero-order valence-electron chi connectivity index (χ0n) is 40.7. The molecule has 2 nitrogen and oxygen atoms in total. The van der Waals surface area contributed by atoms with E-state index in [2.05, 4.69) is 239 Å². The molecule has 0 bridgehead atoms. The zero-order chi connectivity index (χ0) is 47.2. The second-order valence-electron chi connectivity index (χ2n) is 21.2. The monoisotopic (exact) mass is 916 g/mol. The van der Waals surface area contributed by atoms with Gasteiger partial charge in [-0.25, -0.2) is 0 Å². The highest BCUT2D eigenvalue weighted by molar-refractivity contribution is 7.33. The van der Waals surface area contributed by atoms with E-state index in [-0.39, 0.29) is 17.5 Å². The summed E-state index contributed by atoms with van der Waals surface area (Å²) in [6.07, 6.45) is 2.11. The fraction of sp³-hybridized carbons (Fsp3) is 0.152.